The summed E-state index contributed by atoms with van der Waals surface area (Å²) in [5, 5.41) is -0.159. The highest BCUT2D eigenvalue weighted by Crippen LogP contribution is 2.28. The SMILES string of the molecule is O=c1[nH]cc(S(=O)(=O)NCCOCC2CC2)cc1Cl. The highest BCUT2D eigenvalue weighted by atomic mass is 35.5. The lowest BCUT2D eigenvalue weighted by Crippen LogP contribution is -2.28. The van der Waals surface area contributed by atoms with E-state index < -0.39 is 15.6 Å². The van der Waals surface area contributed by atoms with Gasteiger partial charge in [-0.25, -0.2) is 13.1 Å². The lowest BCUT2D eigenvalue weighted by Gasteiger charge is -2.07. The van der Waals surface area contributed by atoms with Crippen LogP contribution in [-0.4, -0.2) is 33.2 Å². The summed E-state index contributed by atoms with van der Waals surface area (Å²) < 4.78 is 31.4. The van der Waals surface area contributed by atoms with E-state index in [4.69, 9.17) is 16.3 Å². The Bertz CT molecular complexity index is 595. The van der Waals surface area contributed by atoms with Crippen molar-refractivity contribution in [2.24, 2.45) is 5.92 Å². The summed E-state index contributed by atoms with van der Waals surface area (Å²) in [5.41, 5.74) is -0.520. The molecule has 8 heteroatoms. The summed E-state index contributed by atoms with van der Waals surface area (Å²) >= 11 is 5.58. The summed E-state index contributed by atoms with van der Waals surface area (Å²) in [4.78, 5) is 13.2. The first-order valence-electron chi connectivity index (χ1n) is 5.95. The molecule has 0 amide bonds. The molecule has 19 heavy (non-hydrogen) atoms. The van der Waals surface area contributed by atoms with E-state index in [-0.39, 0.29) is 16.5 Å². The fourth-order valence-electron chi connectivity index (χ4n) is 1.46. The number of rotatable bonds is 7. The van der Waals surface area contributed by atoms with E-state index >= 15 is 0 Å². The standard InChI is InChI=1S/C11H15ClN2O4S/c12-10-5-9(6-13-11(10)15)19(16,17)14-3-4-18-7-8-1-2-8/h5-6,8,14H,1-4,7H2,(H,13,15). The number of hydrogen-bond acceptors (Lipinski definition) is 4. The minimum absolute atomic E-state index is 0.0701. The van der Waals surface area contributed by atoms with Crippen LogP contribution < -0.4 is 10.3 Å². The molecular weight excluding hydrogens is 292 g/mol. The minimum atomic E-state index is -3.67. The van der Waals surface area contributed by atoms with Crippen LogP contribution in [0.4, 0.5) is 0 Å². The number of sulfonamides is 1. The van der Waals surface area contributed by atoms with Crippen molar-refractivity contribution >= 4 is 21.6 Å². The molecule has 0 spiro atoms. The first-order valence-corrected chi connectivity index (χ1v) is 7.81. The van der Waals surface area contributed by atoms with Crippen molar-refractivity contribution in [3.8, 4) is 0 Å². The van der Waals surface area contributed by atoms with Gasteiger partial charge in [0.2, 0.25) is 10.0 Å². The Morgan fingerprint density at radius 3 is 2.84 bits per heavy atom. The number of hydrogen-bond donors (Lipinski definition) is 2. The highest BCUT2D eigenvalue weighted by Gasteiger charge is 2.21. The third-order valence-corrected chi connectivity index (χ3v) is 4.45. The predicted octanol–water partition coefficient (Wildman–Crippen LogP) is 0.733. The number of halogens is 1. The lowest BCUT2D eigenvalue weighted by atomic mass is 10.5. The fourth-order valence-corrected chi connectivity index (χ4v) is 2.70. The smallest absolute Gasteiger partial charge is 0.266 e. The van der Waals surface area contributed by atoms with Crippen molar-refractivity contribution in [2.45, 2.75) is 17.7 Å². The summed E-state index contributed by atoms with van der Waals surface area (Å²) in [6.45, 7) is 1.20. The van der Waals surface area contributed by atoms with E-state index in [0.717, 1.165) is 12.3 Å². The quantitative estimate of drug-likeness (QED) is 0.727. The molecule has 1 saturated carbocycles. The molecule has 0 aromatic carbocycles. The molecule has 1 heterocycles. The van der Waals surface area contributed by atoms with Crippen LogP contribution in [0.15, 0.2) is 22.0 Å². The van der Waals surface area contributed by atoms with Crippen molar-refractivity contribution in [1.29, 1.82) is 0 Å². The van der Waals surface area contributed by atoms with Crippen LogP contribution in [0.5, 0.6) is 0 Å². The van der Waals surface area contributed by atoms with Gasteiger partial charge in [-0.2, -0.15) is 0 Å². The van der Waals surface area contributed by atoms with Gasteiger partial charge in [-0.05, 0) is 24.8 Å². The topological polar surface area (TPSA) is 88.3 Å². The van der Waals surface area contributed by atoms with Crippen LogP contribution in [0.2, 0.25) is 5.02 Å². The van der Waals surface area contributed by atoms with Gasteiger partial charge in [-0.3, -0.25) is 4.79 Å². The van der Waals surface area contributed by atoms with Crippen molar-refractivity contribution in [3.05, 3.63) is 27.6 Å². The number of nitrogens with one attached hydrogen (secondary N) is 2. The molecule has 1 aromatic rings. The molecule has 0 bridgehead atoms. The molecule has 1 fully saturated rings. The maximum atomic E-state index is 11.9. The maximum absolute atomic E-state index is 11.9. The van der Waals surface area contributed by atoms with Gasteiger partial charge in [0.25, 0.3) is 5.56 Å². The molecule has 1 aromatic heterocycles. The van der Waals surface area contributed by atoms with Crippen molar-refractivity contribution < 1.29 is 13.2 Å². The molecule has 6 nitrogen and oxygen atoms in total. The van der Waals surface area contributed by atoms with Crippen molar-refractivity contribution in [1.82, 2.24) is 9.71 Å². The molecule has 2 N–H and O–H groups in total. The Balaban J connectivity index is 1.85. The van der Waals surface area contributed by atoms with Crippen LogP contribution in [0, 0.1) is 5.92 Å². The maximum Gasteiger partial charge on any atom is 0.266 e. The van der Waals surface area contributed by atoms with Crippen molar-refractivity contribution in [2.75, 3.05) is 19.8 Å². The Morgan fingerprint density at radius 2 is 2.21 bits per heavy atom. The van der Waals surface area contributed by atoms with E-state index in [2.05, 4.69) is 9.71 Å². The number of aromatic amines is 1. The van der Waals surface area contributed by atoms with Crippen LogP contribution in [-0.2, 0) is 14.8 Å². The van der Waals surface area contributed by atoms with Crippen molar-refractivity contribution in [3.63, 3.8) is 0 Å². The molecule has 0 unspecified atom stereocenters. The largest absolute Gasteiger partial charge is 0.380 e. The predicted molar refractivity (Wildman–Crippen MR) is 70.8 cm³/mol. The average Bonchev–Trinajstić information content (AvgIpc) is 3.16. The number of aromatic nitrogens is 1. The summed E-state index contributed by atoms with van der Waals surface area (Å²) in [5.74, 6) is 0.648. The molecule has 2 rings (SSSR count). The van der Waals surface area contributed by atoms with Gasteiger partial charge in [0.05, 0.1) is 11.5 Å². The van der Waals surface area contributed by atoms with Gasteiger partial charge in [-0.1, -0.05) is 11.6 Å². The van der Waals surface area contributed by atoms with E-state index in [0.29, 0.717) is 19.1 Å². The van der Waals surface area contributed by atoms with E-state index in [1.54, 1.807) is 0 Å². The van der Waals surface area contributed by atoms with Gasteiger partial charge in [0, 0.05) is 19.3 Å². The van der Waals surface area contributed by atoms with Gasteiger partial charge in [-0.15, -0.1) is 0 Å². The number of ether oxygens (including phenoxy) is 1. The Hall–Kier alpha value is -0.890. The van der Waals surface area contributed by atoms with Gasteiger partial charge < -0.3 is 9.72 Å². The normalized spacial score (nSPS) is 15.6. The zero-order chi connectivity index (χ0) is 13.9. The molecule has 0 radical (unpaired) electrons. The summed E-state index contributed by atoms with van der Waals surface area (Å²) in [6, 6.07) is 1.12. The molecule has 0 saturated heterocycles. The average molecular weight is 307 g/mol. The van der Waals surface area contributed by atoms with Crippen LogP contribution in [0.25, 0.3) is 0 Å². The van der Waals surface area contributed by atoms with Crippen LogP contribution in [0.3, 0.4) is 0 Å². The molecular formula is C11H15ClN2O4S. The zero-order valence-electron chi connectivity index (χ0n) is 10.2. The fraction of sp³-hybridized carbons (Fsp3) is 0.545. The molecule has 1 aliphatic rings. The molecule has 0 aliphatic heterocycles. The van der Waals surface area contributed by atoms with Gasteiger partial charge in [0.15, 0.2) is 0 Å². The monoisotopic (exact) mass is 306 g/mol. The van der Waals surface area contributed by atoms with Gasteiger partial charge >= 0.3 is 0 Å². The third-order valence-electron chi connectivity index (χ3n) is 2.73. The number of pyridine rings is 1. The second-order valence-corrected chi connectivity index (χ2v) is 6.60. The van der Waals surface area contributed by atoms with Crippen LogP contribution >= 0.6 is 11.6 Å². The second-order valence-electron chi connectivity index (χ2n) is 4.43. The Kier molecular flexibility index (Phi) is 4.62. The minimum Gasteiger partial charge on any atom is -0.380 e. The van der Waals surface area contributed by atoms with Crippen LogP contribution in [0.1, 0.15) is 12.8 Å². The Morgan fingerprint density at radius 1 is 1.47 bits per heavy atom. The molecule has 0 atom stereocenters. The zero-order valence-corrected chi connectivity index (χ0v) is 11.8. The molecule has 106 valence electrons. The summed E-state index contributed by atoms with van der Waals surface area (Å²) in [6.07, 6.45) is 3.50. The second kappa shape index (κ2) is 6.04. The van der Waals surface area contributed by atoms with E-state index in [1.807, 2.05) is 0 Å². The Labute approximate surface area is 116 Å². The van der Waals surface area contributed by atoms with E-state index in [9.17, 15) is 13.2 Å². The highest BCUT2D eigenvalue weighted by molar-refractivity contribution is 7.89. The molecule has 1 aliphatic carbocycles. The first-order chi connectivity index (χ1) is 8.99. The van der Waals surface area contributed by atoms with Gasteiger partial charge in [0.1, 0.15) is 5.02 Å². The summed E-state index contributed by atoms with van der Waals surface area (Å²) in [7, 11) is -3.67. The van der Waals surface area contributed by atoms with E-state index in [1.165, 1.54) is 12.8 Å². The first kappa shape index (κ1) is 14.5. The lowest BCUT2D eigenvalue weighted by molar-refractivity contribution is 0.129. The number of H-pyrrole nitrogens is 1. The third kappa shape index (κ3) is 4.31.